The van der Waals surface area contributed by atoms with Gasteiger partial charge in [0.1, 0.15) is 11.6 Å². The lowest BCUT2D eigenvalue weighted by Crippen LogP contribution is -2.46. The normalized spacial score (nSPS) is 26.4. The van der Waals surface area contributed by atoms with Crippen LogP contribution in [0.2, 0.25) is 0 Å². The molecule has 2 rings (SSSR count). The highest BCUT2D eigenvalue weighted by Gasteiger charge is 2.25. The van der Waals surface area contributed by atoms with E-state index in [9.17, 15) is 8.78 Å². The van der Waals surface area contributed by atoms with Gasteiger partial charge in [-0.1, -0.05) is 6.07 Å². The molecule has 4 heteroatoms. The van der Waals surface area contributed by atoms with Crippen LogP contribution in [0.15, 0.2) is 18.2 Å². The van der Waals surface area contributed by atoms with E-state index >= 15 is 0 Å². The number of rotatable bonds is 3. The summed E-state index contributed by atoms with van der Waals surface area (Å²) in [5, 5.41) is 3.36. The van der Waals surface area contributed by atoms with Gasteiger partial charge in [0, 0.05) is 23.7 Å². The van der Waals surface area contributed by atoms with E-state index in [1.54, 1.807) is 0 Å². The number of benzene rings is 1. The van der Waals surface area contributed by atoms with E-state index in [-0.39, 0.29) is 11.6 Å². The molecular weight excluding hydrogens is 246 g/mol. The zero-order valence-corrected chi connectivity index (χ0v) is 11.8. The van der Waals surface area contributed by atoms with E-state index in [4.69, 9.17) is 0 Å². The maximum atomic E-state index is 13.7. The summed E-state index contributed by atoms with van der Waals surface area (Å²) < 4.78 is 27.4. The standard InChI is InChI=1S/C15H22F2N2/c1-10-9-12(7-8-19(10)3)18-11(2)15-13(16)5-4-6-14(15)17/h4-6,10-12,18H,7-9H2,1-3H3. The van der Waals surface area contributed by atoms with Crippen LogP contribution in [0, 0.1) is 11.6 Å². The third-order valence-corrected chi connectivity index (χ3v) is 4.13. The van der Waals surface area contributed by atoms with Crippen molar-refractivity contribution in [2.24, 2.45) is 0 Å². The predicted octanol–water partition coefficient (Wildman–Crippen LogP) is 3.10. The van der Waals surface area contributed by atoms with Crippen LogP contribution in [-0.4, -0.2) is 30.6 Å². The van der Waals surface area contributed by atoms with Crippen LogP contribution in [0.5, 0.6) is 0 Å². The lowest BCUT2D eigenvalue weighted by atomic mass is 9.97. The average Bonchev–Trinajstić information content (AvgIpc) is 2.33. The van der Waals surface area contributed by atoms with Gasteiger partial charge >= 0.3 is 0 Å². The first-order chi connectivity index (χ1) is 8.99. The zero-order valence-electron chi connectivity index (χ0n) is 11.8. The Balaban J connectivity index is 2.03. The molecule has 1 aliphatic heterocycles. The highest BCUT2D eigenvalue weighted by molar-refractivity contribution is 5.23. The van der Waals surface area contributed by atoms with Crippen LogP contribution in [0.25, 0.3) is 0 Å². The number of nitrogens with zero attached hydrogens (tertiary/aromatic N) is 1. The van der Waals surface area contributed by atoms with E-state index in [0.29, 0.717) is 12.1 Å². The highest BCUT2D eigenvalue weighted by Crippen LogP contribution is 2.23. The van der Waals surface area contributed by atoms with Crippen LogP contribution >= 0.6 is 0 Å². The molecule has 0 radical (unpaired) electrons. The first-order valence-corrected chi connectivity index (χ1v) is 6.89. The van der Waals surface area contributed by atoms with Crippen molar-refractivity contribution >= 4 is 0 Å². The minimum absolute atomic E-state index is 0.147. The summed E-state index contributed by atoms with van der Waals surface area (Å²) in [6, 6.07) is 4.55. The van der Waals surface area contributed by atoms with Gasteiger partial charge in [0.05, 0.1) is 0 Å². The van der Waals surface area contributed by atoms with Crippen molar-refractivity contribution in [3.05, 3.63) is 35.4 Å². The van der Waals surface area contributed by atoms with E-state index < -0.39 is 11.6 Å². The molecule has 0 aliphatic carbocycles. The van der Waals surface area contributed by atoms with Crippen LogP contribution in [0.4, 0.5) is 8.78 Å². The molecule has 1 aromatic rings. The second-order valence-electron chi connectivity index (χ2n) is 5.57. The summed E-state index contributed by atoms with van der Waals surface area (Å²) in [5.74, 6) is -0.943. The van der Waals surface area contributed by atoms with Crippen LogP contribution in [-0.2, 0) is 0 Å². The third-order valence-electron chi connectivity index (χ3n) is 4.13. The van der Waals surface area contributed by atoms with Crippen molar-refractivity contribution in [1.82, 2.24) is 10.2 Å². The highest BCUT2D eigenvalue weighted by atomic mass is 19.1. The Hall–Kier alpha value is -1.00. The molecule has 19 heavy (non-hydrogen) atoms. The number of likely N-dealkylation sites (tertiary alicyclic amines) is 1. The summed E-state index contributed by atoms with van der Waals surface area (Å²) in [6.45, 7) is 5.03. The molecule has 0 aromatic heterocycles. The van der Waals surface area contributed by atoms with E-state index in [1.165, 1.54) is 18.2 Å². The fourth-order valence-electron chi connectivity index (χ4n) is 2.80. The van der Waals surface area contributed by atoms with Gasteiger partial charge in [-0.2, -0.15) is 0 Å². The molecule has 1 fully saturated rings. The molecule has 2 nitrogen and oxygen atoms in total. The van der Waals surface area contributed by atoms with E-state index in [1.807, 2.05) is 6.92 Å². The van der Waals surface area contributed by atoms with Gasteiger partial charge in [0.15, 0.2) is 0 Å². The third kappa shape index (κ3) is 3.31. The molecule has 0 spiro atoms. The average molecular weight is 268 g/mol. The number of hydrogen-bond donors (Lipinski definition) is 1. The summed E-state index contributed by atoms with van der Waals surface area (Å²) in [6.07, 6.45) is 2.03. The van der Waals surface area contributed by atoms with Crippen molar-refractivity contribution < 1.29 is 8.78 Å². The molecule has 1 N–H and O–H groups in total. The molecule has 0 bridgehead atoms. The molecule has 1 heterocycles. The zero-order chi connectivity index (χ0) is 14.0. The fourth-order valence-corrected chi connectivity index (χ4v) is 2.80. The van der Waals surface area contributed by atoms with Crippen LogP contribution in [0.1, 0.15) is 38.3 Å². The Morgan fingerprint density at radius 1 is 1.32 bits per heavy atom. The van der Waals surface area contributed by atoms with Gasteiger partial charge in [0.25, 0.3) is 0 Å². The SMILES string of the molecule is CC(NC1CCN(C)C(C)C1)c1c(F)cccc1F. The second kappa shape index (κ2) is 5.97. The molecule has 0 amide bonds. The Labute approximate surface area is 113 Å². The Bertz CT molecular complexity index is 416. The quantitative estimate of drug-likeness (QED) is 0.906. The topological polar surface area (TPSA) is 15.3 Å². The lowest BCUT2D eigenvalue weighted by molar-refractivity contribution is 0.163. The fraction of sp³-hybridized carbons (Fsp3) is 0.600. The van der Waals surface area contributed by atoms with Crippen LogP contribution in [0.3, 0.4) is 0 Å². The molecule has 1 aromatic carbocycles. The van der Waals surface area contributed by atoms with Crippen molar-refractivity contribution in [2.45, 2.75) is 44.8 Å². The summed E-state index contributed by atoms with van der Waals surface area (Å²) in [7, 11) is 2.11. The molecule has 106 valence electrons. The summed E-state index contributed by atoms with van der Waals surface area (Å²) in [4.78, 5) is 2.31. The predicted molar refractivity (Wildman–Crippen MR) is 73.0 cm³/mol. The lowest BCUT2D eigenvalue weighted by Gasteiger charge is -2.36. The van der Waals surface area contributed by atoms with Crippen LogP contribution < -0.4 is 5.32 Å². The Morgan fingerprint density at radius 2 is 1.95 bits per heavy atom. The molecular formula is C15H22F2N2. The molecule has 1 aliphatic rings. The first-order valence-electron chi connectivity index (χ1n) is 6.89. The van der Waals surface area contributed by atoms with E-state index in [2.05, 4.69) is 24.2 Å². The minimum Gasteiger partial charge on any atom is -0.307 e. The minimum atomic E-state index is -0.471. The van der Waals surface area contributed by atoms with Gasteiger partial charge < -0.3 is 10.2 Å². The van der Waals surface area contributed by atoms with E-state index in [0.717, 1.165) is 19.4 Å². The van der Waals surface area contributed by atoms with Gasteiger partial charge in [-0.05, 0) is 52.4 Å². The number of halogens is 2. The molecule has 3 atom stereocenters. The van der Waals surface area contributed by atoms with Crippen molar-refractivity contribution in [2.75, 3.05) is 13.6 Å². The number of hydrogen-bond acceptors (Lipinski definition) is 2. The van der Waals surface area contributed by atoms with Gasteiger partial charge in [-0.3, -0.25) is 0 Å². The van der Waals surface area contributed by atoms with Gasteiger partial charge in [-0.25, -0.2) is 8.78 Å². The van der Waals surface area contributed by atoms with Crippen molar-refractivity contribution in [3.63, 3.8) is 0 Å². The number of piperidine rings is 1. The maximum Gasteiger partial charge on any atom is 0.130 e. The van der Waals surface area contributed by atoms with Gasteiger partial charge in [0.2, 0.25) is 0 Å². The molecule has 0 saturated carbocycles. The molecule has 3 unspecified atom stereocenters. The monoisotopic (exact) mass is 268 g/mol. The second-order valence-corrected chi connectivity index (χ2v) is 5.57. The largest absolute Gasteiger partial charge is 0.307 e. The smallest absolute Gasteiger partial charge is 0.130 e. The first kappa shape index (κ1) is 14.4. The Morgan fingerprint density at radius 3 is 2.53 bits per heavy atom. The van der Waals surface area contributed by atoms with Gasteiger partial charge in [-0.15, -0.1) is 0 Å². The molecule has 1 saturated heterocycles. The van der Waals surface area contributed by atoms with Crippen molar-refractivity contribution in [3.8, 4) is 0 Å². The Kier molecular flexibility index (Phi) is 4.53. The summed E-state index contributed by atoms with van der Waals surface area (Å²) in [5.41, 5.74) is 0.147. The number of nitrogens with one attached hydrogen (secondary N) is 1. The summed E-state index contributed by atoms with van der Waals surface area (Å²) >= 11 is 0. The maximum absolute atomic E-state index is 13.7. The van der Waals surface area contributed by atoms with Crippen molar-refractivity contribution in [1.29, 1.82) is 0 Å².